The van der Waals surface area contributed by atoms with Gasteiger partial charge in [-0.3, -0.25) is 0 Å². The molecule has 0 saturated carbocycles. The first-order valence-electron chi connectivity index (χ1n) is 6.69. The van der Waals surface area contributed by atoms with Crippen LogP contribution in [0, 0.1) is 5.92 Å². The van der Waals surface area contributed by atoms with Gasteiger partial charge in [0.1, 0.15) is 6.04 Å². The van der Waals surface area contributed by atoms with Gasteiger partial charge < -0.3 is 20.1 Å². The van der Waals surface area contributed by atoms with E-state index in [-0.39, 0.29) is 17.6 Å². The number of nitrogens with one attached hydrogen (secondary N) is 1. The van der Waals surface area contributed by atoms with Gasteiger partial charge in [0.15, 0.2) is 0 Å². The van der Waals surface area contributed by atoms with E-state index < -0.39 is 12.0 Å². The van der Waals surface area contributed by atoms with E-state index in [1.54, 1.807) is 4.90 Å². The number of ether oxygens (including phenoxy) is 1. The number of hydrogen-bond acceptors (Lipinski definition) is 3. The first-order chi connectivity index (χ1) is 8.76. The van der Waals surface area contributed by atoms with Crippen LogP contribution in [0.5, 0.6) is 0 Å². The number of carboxylic acids is 1. The molecular formula is C13H24N2O4. The van der Waals surface area contributed by atoms with Crippen molar-refractivity contribution in [3.05, 3.63) is 0 Å². The van der Waals surface area contributed by atoms with Gasteiger partial charge in [-0.25, -0.2) is 9.59 Å². The van der Waals surface area contributed by atoms with E-state index in [1.807, 2.05) is 27.7 Å². The van der Waals surface area contributed by atoms with E-state index in [0.717, 1.165) is 0 Å². The molecule has 0 radical (unpaired) electrons. The zero-order valence-corrected chi connectivity index (χ0v) is 12.1. The van der Waals surface area contributed by atoms with Crippen LogP contribution in [0.2, 0.25) is 0 Å². The number of nitrogens with zero attached hydrogens (tertiary/aromatic N) is 1. The Morgan fingerprint density at radius 3 is 2.58 bits per heavy atom. The average Bonchev–Trinajstić information content (AvgIpc) is 2.33. The van der Waals surface area contributed by atoms with Crippen molar-refractivity contribution in [2.45, 2.75) is 45.8 Å². The predicted molar refractivity (Wildman–Crippen MR) is 71.0 cm³/mol. The summed E-state index contributed by atoms with van der Waals surface area (Å²) in [6.07, 6.45) is 0.700. The lowest BCUT2D eigenvalue weighted by Gasteiger charge is -2.38. The lowest BCUT2D eigenvalue weighted by molar-refractivity contribution is -0.140. The SMILES string of the molecule is CCC(C)C(NC(=O)N1CCOC(C)(C)C1)C(=O)O. The number of urea groups is 1. The molecule has 0 aromatic rings. The molecule has 1 aliphatic rings. The monoisotopic (exact) mass is 272 g/mol. The highest BCUT2D eigenvalue weighted by molar-refractivity contribution is 5.82. The largest absolute Gasteiger partial charge is 0.480 e. The van der Waals surface area contributed by atoms with Crippen LogP contribution in [0.4, 0.5) is 4.79 Å². The quantitative estimate of drug-likeness (QED) is 0.808. The Kier molecular flexibility index (Phi) is 5.17. The molecule has 0 aliphatic carbocycles. The highest BCUT2D eigenvalue weighted by atomic mass is 16.5. The number of morpholine rings is 1. The van der Waals surface area contributed by atoms with Gasteiger partial charge in [-0.05, 0) is 19.8 Å². The van der Waals surface area contributed by atoms with E-state index in [0.29, 0.717) is 26.1 Å². The minimum atomic E-state index is -0.991. The van der Waals surface area contributed by atoms with Gasteiger partial charge in [-0.2, -0.15) is 0 Å². The number of amides is 2. The van der Waals surface area contributed by atoms with Crippen LogP contribution in [0.1, 0.15) is 34.1 Å². The second-order valence-electron chi connectivity index (χ2n) is 5.68. The van der Waals surface area contributed by atoms with Crippen molar-refractivity contribution < 1.29 is 19.4 Å². The van der Waals surface area contributed by atoms with Crippen molar-refractivity contribution in [2.75, 3.05) is 19.7 Å². The summed E-state index contributed by atoms with van der Waals surface area (Å²) in [5.41, 5.74) is -0.384. The third kappa shape index (κ3) is 4.38. The van der Waals surface area contributed by atoms with E-state index in [9.17, 15) is 9.59 Å². The van der Waals surface area contributed by atoms with Gasteiger partial charge in [0.25, 0.3) is 0 Å². The topological polar surface area (TPSA) is 78.9 Å². The van der Waals surface area contributed by atoms with Crippen LogP contribution >= 0.6 is 0 Å². The van der Waals surface area contributed by atoms with Crippen molar-refractivity contribution in [1.29, 1.82) is 0 Å². The Morgan fingerprint density at radius 2 is 2.11 bits per heavy atom. The molecule has 6 nitrogen and oxygen atoms in total. The smallest absolute Gasteiger partial charge is 0.326 e. The molecule has 2 unspecified atom stereocenters. The fraction of sp³-hybridized carbons (Fsp3) is 0.846. The summed E-state index contributed by atoms with van der Waals surface area (Å²) in [5.74, 6) is -1.09. The maximum atomic E-state index is 12.1. The van der Waals surface area contributed by atoms with Crippen molar-refractivity contribution in [1.82, 2.24) is 10.2 Å². The summed E-state index contributed by atoms with van der Waals surface area (Å²) in [6.45, 7) is 8.98. The second-order valence-corrected chi connectivity index (χ2v) is 5.68. The zero-order chi connectivity index (χ0) is 14.6. The molecule has 2 amide bonds. The maximum Gasteiger partial charge on any atom is 0.326 e. The molecule has 110 valence electrons. The van der Waals surface area contributed by atoms with Gasteiger partial charge in [-0.1, -0.05) is 20.3 Å². The Balaban J connectivity index is 2.64. The summed E-state index contributed by atoms with van der Waals surface area (Å²) in [7, 11) is 0. The highest BCUT2D eigenvalue weighted by Gasteiger charge is 2.32. The molecule has 1 fully saturated rings. The van der Waals surface area contributed by atoms with Crippen LogP contribution in [0.15, 0.2) is 0 Å². The van der Waals surface area contributed by atoms with Crippen molar-refractivity contribution >= 4 is 12.0 Å². The number of carbonyl (C=O) groups excluding carboxylic acids is 1. The maximum absolute atomic E-state index is 12.1. The van der Waals surface area contributed by atoms with E-state index in [4.69, 9.17) is 9.84 Å². The lowest BCUT2D eigenvalue weighted by atomic mass is 9.99. The van der Waals surface area contributed by atoms with E-state index in [2.05, 4.69) is 5.32 Å². The first-order valence-corrected chi connectivity index (χ1v) is 6.69. The molecular weight excluding hydrogens is 248 g/mol. The Bertz CT molecular complexity index is 344. The molecule has 19 heavy (non-hydrogen) atoms. The Morgan fingerprint density at radius 1 is 1.47 bits per heavy atom. The molecule has 1 saturated heterocycles. The average molecular weight is 272 g/mol. The first kappa shape index (κ1) is 15.8. The molecule has 0 bridgehead atoms. The standard InChI is InChI=1S/C13H24N2O4/c1-5-9(2)10(11(16)17)14-12(18)15-6-7-19-13(3,4)8-15/h9-10H,5-8H2,1-4H3,(H,14,18)(H,16,17). The molecule has 1 rings (SSSR count). The lowest BCUT2D eigenvalue weighted by Crippen LogP contribution is -2.57. The molecule has 0 aromatic carbocycles. The molecule has 1 aliphatic heterocycles. The van der Waals surface area contributed by atoms with Gasteiger partial charge in [0.05, 0.1) is 18.8 Å². The molecule has 6 heteroatoms. The minimum Gasteiger partial charge on any atom is -0.480 e. The fourth-order valence-electron chi connectivity index (χ4n) is 2.10. The van der Waals surface area contributed by atoms with Crippen molar-refractivity contribution in [3.8, 4) is 0 Å². The van der Waals surface area contributed by atoms with Gasteiger partial charge in [0, 0.05) is 6.54 Å². The highest BCUT2D eigenvalue weighted by Crippen LogP contribution is 2.17. The molecule has 2 atom stereocenters. The van der Waals surface area contributed by atoms with Crippen molar-refractivity contribution in [2.24, 2.45) is 5.92 Å². The second kappa shape index (κ2) is 6.23. The summed E-state index contributed by atoms with van der Waals surface area (Å²) in [5, 5.41) is 11.8. The number of rotatable bonds is 4. The molecule has 0 spiro atoms. The molecule has 1 heterocycles. The number of carbonyl (C=O) groups is 2. The van der Waals surface area contributed by atoms with Gasteiger partial charge in [-0.15, -0.1) is 0 Å². The normalized spacial score (nSPS) is 21.6. The summed E-state index contributed by atoms with van der Waals surface area (Å²) in [6, 6.07) is -1.17. The Hall–Kier alpha value is -1.30. The van der Waals surface area contributed by atoms with Crippen LogP contribution in [0.25, 0.3) is 0 Å². The third-order valence-corrected chi connectivity index (χ3v) is 3.47. The van der Waals surface area contributed by atoms with Crippen LogP contribution in [0.3, 0.4) is 0 Å². The predicted octanol–water partition coefficient (Wildman–Crippen LogP) is 1.31. The fourth-order valence-corrected chi connectivity index (χ4v) is 2.10. The summed E-state index contributed by atoms with van der Waals surface area (Å²) in [4.78, 5) is 24.9. The number of aliphatic carboxylic acids is 1. The molecule has 0 aromatic heterocycles. The van der Waals surface area contributed by atoms with Gasteiger partial charge in [0.2, 0.25) is 0 Å². The van der Waals surface area contributed by atoms with Gasteiger partial charge >= 0.3 is 12.0 Å². The van der Waals surface area contributed by atoms with Crippen LogP contribution < -0.4 is 5.32 Å². The third-order valence-electron chi connectivity index (χ3n) is 3.47. The van der Waals surface area contributed by atoms with Crippen LogP contribution in [-0.4, -0.2) is 53.3 Å². The summed E-state index contributed by atoms with van der Waals surface area (Å²) < 4.78 is 5.53. The molecule has 2 N–H and O–H groups in total. The number of carboxylic acid groups (broad SMARTS) is 1. The number of hydrogen-bond donors (Lipinski definition) is 2. The minimum absolute atomic E-state index is 0.101. The Labute approximate surface area is 114 Å². The zero-order valence-electron chi connectivity index (χ0n) is 12.1. The van der Waals surface area contributed by atoms with E-state index >= 15 is 0 Å². The van der Waals surface area contributed by atoms with Crippen LogP contribution in [-0.2, 0) is 9.53 Å². The summed E-state index contributed by atoms with van der Waals surface area (Å²) >= 11 is 0. The van der Waals surface area contributed by atoms with Crippen molar-refractivity contribution in [3.63, 3.8) is 0 Å². The van der Waals surface area contributed by atoms with E-state index in [1.165, 1.54) is 0 Å².